The van der Waals surface area contributed by atoms with Crippen molar-refractivity contribution in [3.63, 3.8) is 0 Å². The lowest BCUT2D eigenvalue weighted by Gasteiger charge is -2.19. The van der Waals surface area contributed by atoms with Crippen molar-refractivity contribution in [1.29, 1.82) is 0 Å². The largest absolute Gasteiger partial charge is 0.455 e. The van der Waals surface area contributed by atoms with E-state index in [1.807, 2.05) is 12.1 Å². The number of ether oxygens (including phenoxy) is 1. The maximum absolute atomic E-state index is 13.3. The number of aromatic amines is 1. The van der Waals surface area contributed by atoms with Gasteiger partial charge in [0.2, 0.25) is 0 Å². The minimum Gasteiger partial charge on any atom is -0.455 e. The molecule has 0 aliphatic carbocycles. The quantitative estimate of drug-likeness (QED) is 0.135. The molecule has 0 aliphatic heterocycles. The van der Waals surface area contributed by atoms with Gasteiger partial charge in [0.15, 0.2) is 0 Å². The number of carbonyl (C=O) groups is 3. The first-order valence-electron chi connectivity index (χ1n) is 13.0. The number of fused-ring (bicyclic) bond motifs is 1. The summed E-state index contributed by atoms with van der Waals surface area (Å²) in [6.45, 7) is 11.5. The molecule has 0 saturated heterocycles. The van der Waals surface area contributed by atoms with Crippen LogP contribution < -0.4 is 10.6 Å². The molecule has 0 fully saturated rings. The fourth-order valence-corrected chi connectivity index (χ4v) is 4.11. The van der Waals surface area contributed by atoms with E-state index in [4.69, 9.17) is 4.74 Å². The van der Waals surface area contributed by atoms with Gasteiger partial charge >= 0.3 is 5.97 Å². The number of nitro benzene ring substituents is 1. The summed E-state index contributed by atoms with van der Waals surface area (Å²) in [6, 6.07) is 17.4. The Hall–Kier alpha value is -4.99. The van der Waals surface area contributed by atoms with Crippen LogP contribution in [0.15, 0.2) is 66.7 Å². The monoisotopic (exact) mass is 556 g/mol. The van der Waals surface area contributed by atoms with Crippen molar-refractivity contribution in [2.45, 2.75) is 52.6 Å². The van der Waals surface area contributed by atoms with Crippen LogP contribution >= 0.6 is 0 Å². The highest BCUT2D eigenvalue weighted by molar-refractivity contribution is 6.13. The van der Waals surface area contributed by atoms with Crippen molar-refractivity contribution in [3.8, 4) is 0 Å². The van der Waals surface area contributed by atoms with Gasteiger partial charge in [0.1, 0.15) is 11.3 Å². The smallest absolute Gasteiger partial charge is 0.355 e. The molecule has 0 radical (unpaired) electrons. The minimum absolute atomic E-state index is 0.0834. The number of hydrogen-bond acceptors (Lipinski definition) is 6. The van der Waals surface area contributed by atoms with Gasteiger partial charge in [0.25, 0.3) is 17.5 Å². The summed E-state index contributed by atoms with van der Waals surface area (Å²) >= 11 is 0. The fourth-order valence-electron chi connectivity index (χ4n) is 4.11. The number of non-ortho nitro benzene ring substituents is 1. The van der Waals surface area contributed by atoms with Crippen LogP contribution in [0.1, 0.15) is 78.3 Å². The molecule has 0 saturated carbocycles. The SMILES string of the molecule is CC(C)(C)OC(=O)c1cc2ccc(NC(=O)c3cc([N+](=O)[O-])ccc3NC(=O)c3ccc(C(C)(C)C)cc3)cc2[nH]1. The van der Waals surface area contributed by atoms with E-state index in [1.54, 1.807) is 57.2 Å². The van der Waals surface area contributed by atoms with Crippen LogP contribution in [0, 0.1) is 10.1 Å². The summed E-state index contributed by atoms with van der Waals surface area (Å²) in [5.74, 6) is -1.63. The Morgan fingerprint density at radius 1 is 0.829 bits per heavy atom. The van der Waals surface area contributed by atoms with Crippen LogP contribution in [0.25, 0.3) is 10.9 Å². The average molecular weight is 557 g/mol. The predicted octanol–water partition coefficient (Wildman–Crippen LogP) is 6.83. The second-order valence-electron chi connectivity index (χ2n) is 11.7. The molecule has 4 rings (SSSR count). The highest BCUT2D eigenvalue weighted by Crippen LogP contribution is 2.27. The lowest BCUT2D eigenvalue weighted by atomic mass is 9.86. The van der Waals surface area contributed by atoms with Gasteiger partial charge in [-0.1, -0.05) is 39.0 Å². The van der Waals surface area contributed by atoms with Gasteiger partial charge in [-0.05, 0) is 68.1 Å². The van der Waals surface area contributed by atoms with Gasteiger partial charge < -0.3 is 20.4 Å². The zero-order valence-corrected chi connectivity index (χ0v) is 23.7. The summed E-state index contributed by atoms with van der Waals surface area (Å²) in [5.41, 5.74) is 1.64. The van der Waals surface area contributed by atoms with Crippen molar-refractivity contribution in [3.05, 3.63) is 99.2 Å². The van der Waals surface area contributed by atoms with Crippen LogP contribution in [-0.2, 0) is 10.2 Å². The molecular formula is C31H32N4O6. The highest BCUT2D eigenvalue weighted by atomic mass is 16.6. The van der Waals surface area contributed by atoms with Crippen molar-refractivity contribution < 1.29 is 24.0 Å². The van der Waals surface area contributed by atoms with Crippen LogP contribution in [0.2, 0.25) is 0 Å². The number of nitrogens with zero attached hydrogens (tertiary/aromatic N) is 1. The third-order valence-corrected chi connectivity index (χ3v) is 6.22. The molecule has 1 heterocycles. The lowest BCUT2D eigenvalue weighted by Crippen LogP contribution is -2.24. The van der Waals surface area contributed by atoms with Crippen molar-refractivity contribution in [1.82, 2.24) is 4.98 Å². The molecule has 4 aromatic rings. The second kappa shape index (κ2) is 10.9. The number of nitrogens with one attached hydrogen (secondary N) is 3. The van der Waals surface area contributed by atoms with Gasteiger partial charge in [0.05, 0.1) is 16.2 Å². The molecule has 10 heteroatoms. The van der Waals surface area contributed by atoms with E-state index in [0.717, 1.165) is 17.0 Å². The van der Waals surface area contributed by atoms with Crippen LogP contribution in [0.3, 0.4) is 0 Å². The summed E-state index contributed by atoms with van der Waals surface area (Å²) in [7, 11) is 0. The molecule has 3 aromatic carbocycles. The topological polar surface area (TPSA) is 143 Å². The summed E-state index contributed by atoms with van der Waals surface area (Å²) in [4.78, 5) is 52.6. The third-order valence-electron chi connectivity index (χ3n) is 6.22. The zero-order valence-electron chi connectivity index (χ0n) is 23.7. The second-order valence-corrected chi connectivity index (χ2v) is 11.7. The number of aromatic nitrogens is 1. The van der Waals surface area contributed by atoms with Crippen molar-refractivity contribution in [2.24, 2.45) is 0 Å². The lowest BCUT2D eigenvalue weighted by molar-refractivity contribution is -0.384. The number of anilines is 2. The average Bonchev–Trinajstić information content (AvgIpc) is 3.31. The molecule has 0 spiro atoms. The molecular weight excluding hydrogens is 524 g/mol. The van der Waals surface area contributed by atoms with Gasteiger partial charge in [-0.2, -0.15) is 0 Å². The van der Waals surface area contributed by atoms with Crippen LogP contribution in [0.5, 0.6) is 0 Å². The Morgan fingerprint density at radius 3 is 2.12 bits per heavy atom. The molecule has 10 nitrogen and oxygen atoms in total. The predicted molar refractivity (Wildman–Crippen MR) is 158 cm³/mol. The number of esters is 1. The molecule has 0 atom stereocenters. The van der Waals surface area contributed by atoms with Gasteiger partial charge in [-0.15, -0.1) is 0 Å². The molecule has 0 bridgehead atoms. The number of H-pyrrole nitrogens is 1. The van der Waals surface area contributed by atoms with E-state index in [1.165, 1.54) is 12.1 Å². The van der Waals surface area contributed by atoms with E-state index in [2.05, 4.69) is 36.4 Å². The maximum atomic E-state index is 13.3. The number of benzene rings is 3. The normalized spacial score (nSPS) is 11.7. The Balaban J connectivity index is 1.58. The highest BCUT2D eigenvalue weighted by Gasteiger charge is 2.22. The van der Waals surface area contributed by atoms with Gasteiger partial charge in [0, 0.05) is 34.3 Å². The molecule has 0 aliphatic rings. The van der Waals surface area contributed by atoms with Gasteiger partial charge in [-0.25, -0.2) is 4.79 Å². The Morgan fingerprint density at radius 2 is 1.51 bits per heavy atom. The summed E-state index contributed by atoms with van der Waals surface area (Å²) in [5, 5.41) is 17.6. The number of nitro groups is 1. The van der Waals surface area contributed by atoms with Crippen molar-refractivity contribution >= 4 is 45.7 Å². The maximum Gasteiger partial charge on any atom is 0.355 e. The van der Waals surface area contributed by atoms with E-state index < -0.39 is 28.3 Å². The number of rotatable bonds is 6. The first-order valence-corrected chi connectivity index (χ1v) is 13.0. The first-order chi connectivity index (χ1) is 19.1. The van der Waals surface area contributed by atoms with E-state index in [9.17, 15) is 24.5 Å². The fraction of sp³-hybridized carbons (Fsp3) is 0.258. The molecule has 3 N–H and O–H groups in total. The van der Waals surface area contributed by atoms with E-state index in [-0.39, 0.29) is 28.0 Å². The molecule has 1 aromatic heterocycles. The zero-order chi connectivity index (χ0) is 30.1. The minimum atomic E-state index is -0.662. The Bertz CT molecular complexity index is 1660. The van der Waals surface area contributed by atoms with E-state index in [0.29, 0.717) is 16.8 Å². The molecule has 41 heavy (non-hydrogen) atoms. The van der Waals surface area contributed by atoms with Gasteiger partial charge in [-0.3, -0.25) is 19.7 Å². The van der Waals surface area contributed by atoms with E-state index >= 15 is 0 Å². The Labute approximate surface area is 237 Å². The summed E-state index contributed by atoms with van der Waals surface area (Å²) in [6.07, 6.45) is 0. The Kier molecular flexibility index (Phi) is 7.70. The van der Waals surface area contributed by atoms with Crippen LogP contribution in [0.4, 0.5) is 17.1 Å². The van der Waals surface area contributed by atoms with Crippen molar-refractivity contribution in [2.75, 3.05) is 10.6 Å². The third kappa shape index (κ3) is 6.96. The first kappa shape index (κ1) is 29.0. The molecule has 2 amide bonds. The number of hydrogen-bond donors (Lipinski definition) is 3. The molecule has 0 unspecified atom stereocenters. The number of carbonyl (C=O) groups excluding carboxylic acids is 3. The van der Waals surface area contributed by atoms with Crippen LogP contribution in [-0.4, -0.2) is 33.3 Å². The summed E-state index contributed by atoms with van der Waals surface area (Å²) < 4.78 is 5.40. The molecule has 212 valence electrons. The standard InChI is InChI=1S/C31H32N4O6/c1-30(2,3)20-10-7-18(8-11-20)27(36)34-24-14-13-22(35(39)40)17-23(24)28(37)32-21-12-9-19-15-26(33-25(19)16-21)29(38)41-31(4,5)6/h7-17,33H,1-6H3,(H,32,37)(H,34,36). The number of amides is 2.